The van der Waals surface area contributed by atoms with Crippen molar-refractivity contribution in [1.82, 2.24) is 9.62 Å². The van der Waals surface area contributed by atoms with Crippen LogP contribution in [-0.2, 0) is 10.9 Å². The molecule has 1 atom stereocenters. The molecule has 0 aromatic heterocycles. The summed E-state index contributed by atoms with van der Waals surface area (Å²) in [5, 5.41) is 10.0. The Kier molecular flexibility index (Phi) is 8.55. The molecule has 18 heavy (non-hydrogen) atoms. The molecular formula is C11H20N4O2S. The maximum atomic E-state index is 11.1. The first-order valence-corrected chi connectivity index (χ1v) is 6.69. The van der Waals surface area contributed by atoms with E-state index in [0.717, 1.165) is 10.8 Å². The van der Waals surface area contributed by atoms with Gasteiger partial charge in [-0.25, -0.2) is 8.42 Å². The third-order valence-electron chi connectivity index (χ3n) is 1.85. The van der Waals surface area contributed by atoms with Crippen molar-refractivity contribution in [3.63, 3.8) is 0 Å². The zero-order valence-electron chi connectivity index (χ0n) is 10.8. The smallest absolute Gasteiger partial charge is 0.226 e. The molecule has 102 valence electrons. The van der Waals surface area contributed by atoms with E-state index in [9.17, 15) is 8.42 Å². The standard InChI is InChI=1S/C11H20N4O2S/c1-4-13-9-14-11(3)15(18(16)17)8-6-5-7-10(2)12/h5-9,11-12,18H,4H2,1-3H3,(H,13,14)/b7-5+,8-6+,12-10?. The Morgan fingerprint density at radius 1 is 1.50 bits per heavy atom. The predicted octanol–water partition coefficient (Wildman–Crippen LogP) is 0.908. The Balaban J connectivity index is 4.61. The van der Waals surface area contributed by atoms with Crippen LogP contribution in [0.5, 0.6) is 0 Å². The minimum atomic E-state index is -2.74. The summed E-state index contributed by atoms with van der Waals surface area (Å²) < 4.78 is 23.2. The zero-order chi connectivity index (χ0) is 14.0. The second-order valence-corrected chi connectivity index (χ2v) is 4.41. The molecule has 0 saturated carbocycles. The van der Waals surface area contributed by atoms with Crippen LogP contribution in [0.25, 0.3) is 0 Å². The second kappa shape index (κ2) is 9.41. The molecule has 0 amide bonds. The van der Waals surface area contributed by atoms with Crippen molar-refractivity contribution in [3.8, 4) is 0 Å². The molecule has 0 aromatic rings. The molecule has 0 radical (unpaired) electrons. The Labute approximate surface area is 110 Å². The fourth-order valence-corrected chi connectivity index (χ4v) is 1.49. The third-order valence-corrected chi connectivity index (χ3v) is 2.70. The van der Waals surface area contributed by atoms with Crippen molar-refractivity contribution in [3.05, 3.63) is 24.4 Å². The molecular weight excluding hydrogens is 252 g/mol. The van der Waals surface area contributed by atoms with Gasteiger partial charge in [0, 0.05) is 18.5 Å². The van der Waals surface area contributed by atoms with Crippen LogP contribution in [0.4, 0.5) is 0 Å². The first-order chi connectivity index (χ1) is 8.49. The highest BCUT2D eigenvalue weighted by atomic mass is 32.2. The van der Waals surface area contributed by atoms with Gasteiger partial charge in [-0.2, -0.15) is 0 Å². The van der Waals surface area contributed by atoms with E-state index in [1.807, 2.05) is 6.92 Å². The predicted molar refractivity (Wildman–Crippen MR) is 75.5 cm³/mol. The number of rotatable bonds is 8. The van der Waals surface area contributed by atoms with Crippen LogP contribution in [0.2, 0.25) is 0 Å². The molecule has 6 nitrogen and oxygen atoms in total. The number of nitrogens with zero attached hydrogens (tertiary/aromatic N) is 2. The lowest BCUT2D eigenvalue weighted by Gasteiger charge is -2.16. The van der Waals surface area contributed by atoms with Crippen LogP contribution < -0.4 is 5.32 Å². The molecule has 0 aliphatic heterocycles. The van der Waals surface area contributed by atoms with Crippen molar-refractivity contribution in [2.45, 2.75) is 26.9 Å². The number of aliphatic imine (C=N–C) groups is 1. The van der Waals surface area contributed by atoms with Crippen molar-refractivity contribution in [2.75, 3.05) is 6.54 Å². The topological polar surface area (TPSA) is 85.6 Å². The van der Waals surface area contributed by atoms with Gasteiger partial charge in [0.2, 0.25) is 10.9 Å². The lowest BCUT2D eigenvalue weighted by atomic mass is 10.4. The molecule has 0 rings (SSSR count). The van der Waals surface area contributed by atoms with Gasteiger partial charge in [0.15, 0.2) is 0 Å². The van der Waals surface area contributed by atoms with E-state index in [-0.39, 0.29) is 0 Å². The summed E-state index contributed by atoms with van der Waals surface area (Å²) in [5.74, 6) is 0. The summed E-state index contributed by atoms with van der Waals surface area (Å²) in [7, 11) is -2.74. The van der Waals surface area contributed by atoms with Crippen LogP contribution in [-0.4, -0.2) is 37.5 Å². The summed E-state index contributed by atoms with van der Waals surface area (Å²) in [6.07, 6.45) is 7.13. The zero-order valence-corrected chi connectivity index (χ0v) is 11.7. The van der Waals surface area contributed by atoms with Gasteiger partial charge in [0.05, 0.1) is 6.34 Å². The Morgan fingerprint density at radius 3 is 2.67 bits per heavy atom. The van der Waals surface area contributed by atoms with Gasteiger partial charge in [-0.1, -0.05) is 6.08 Å². The van der Waals surface area contributed by atoms with Crippen LogP contribution in [0, 0.1) is 5.41 Å². The molecule has 0 aliphatic carbocycles. The molecule has 0 spiro atoms. The number of allylic oxidation sites excluding steroid dienone is 3. The molecule has 0 heterocycles. The average molecular weight is 272 g/mol. The highest BCUT2D eigenvalue weighted by Crippen LogP contribution is 2.01. The molecule has 0 saturated heterocycles. The largest absolute Gasteiger partial charge is 0.377 e. The van der Waals surface area contributed by atoms with E-state index in [0.29, 0.717) is 5.71 Å². The Hall–Kier alpha value is -1.63. The lowest BCUT2D eigenvalue weighted by molar-refractivity contribution is 0.446. The quantitative estimate of drug-likeness (QED) is 0.266. The van der Waals surface area contributed by atoms with Gasteiger partial charge >= 0.3 is 0 Å². The number of hydrogen-bond donors (Lipinski definition) is 3. The number of thiol groups is 1. The van der Waals surface area contributed by atoms with Crippen LogP contribution in [0.15, 0.2) is 29.4 Å². The van der Waals surface area contributed by atoms with Crippen LogP contribution in [0.3, 0.4) is 0 Å². The summed E-state index contributed by atoms with van der Waals surface area (Å²) >= 11 is 0. The fraction of sp³-hybridized carbons (Fsp3) is 0.455. The van der Waals surface area contributed by atoms with Gasteiger partial charge in [-0.3, -0.25) is 9.30 Å². The average Bonchev–Trinajstić information content (AvgIpc) is 2.28. The minimum Gasteiger partial charge on any atom is -0.377 e. The van der Waals surface area contributed by atoms with Crippen molar-refractivity contribution >= 4 is 22.9 Å². The number of nitrogens with one attached hydrogen (secondary N) is 2. The fourth-order valence-electron chi connectivity index (χ4n) is 0.973. The highest BCUT2D eigenvalue weighted by Gasteiger charge is 2.08. The molecule has 2 N–H and O–H groups in total. The van der Waals surface area contributed by atoms with Gasteiger partial charge in [0.25, 0.3) is 0 Å². The van der Waals surface area contributed by atoms with E-state index in [1.54, 1.807) is 32.1 Å². The molecule has 0 fully saturated rings. The summed E-state index contributed by atoms with van der Waals surface area (Å²) in [5.41, 5.74) is 0.399. The molecule has 1 unspecified atom stereocenters. The van der Waals surface area contributed by atoms with E-state index in [2.05, 4.69) is 10.3 Å². The summed E-state index contributed by atoms with van der Waals surface area (Å²) in [6, 6.07) is 0. The van der Waals surface area contributed by atoms with Gasteiger partial charge in [-0.05, 0) is 32.9 Å². The summed E-state index contributed by atoms with van der Waals surface area (Å²) in [4.78, 5) is 4.04. The SMILES string of the molecule is CCN/C=N\C(C)N(/C=C/C=C/C(C)=N)[SH](=O)=O. The maximum Gasteiger partial charge on any atom is 0.226 e. The molecule has 0 aromatic carbocycles. The monoisotopic (exact) mass is 272 g/mol. The van der Waals surface area contributed by atoms with Gasteiger partial charge in [-0.15, -0.1) is 0 Å². The Bertz CT molecular complexity index is 405. The normalized spacial score (nSPS) is 13.8. The van der Waals surface area contributed by atoms with Crippen LogP contribution >= 0.6 is 0 Å². The third kappa shape index (κ3) is 7.61. The van der Waals surface area contributed by atoms with Crippen molar-refractivity contribution in [1.29, 1.82) is 5.41 Å². The molecule has 7 heteroatoms. The molecule has 0 aliphatic rings. The second-order valence-electron chi connectivity index (χ2n) is 3.47. The van der Waals surface area contributed by atoms with Crippen molar-refractivity contribution < 1.29 is 8.42 Å². The van der Waals surface area contributed by atoms with E-state index in [4.69, 9.17) is 5.41 Å². The maximum absolute atomic E-state index is 11.1. The van der Waals surface area contributed by atoms with Crippen LogP contribution in [0.1, 0.15) is 20.8 Å². The van der Waals surface area contributed by atoms with E-state index in [1.165, 1.54) is 12.5 Å². The lowest BCUT2D eigenvalue weighted by Crippen LogP contribution is -2.26. The molecule has 0 bridgehead atoms. The van der Waals surface area contributed by atoms with Gasteiger partial charge < -0.3 is 10.7 Å². The van der Waals surface area contributed by atoms with Gasteiger partial charge in [0.1, 0.15) is 6.17 Å². The highest BCUT2D eigenvalue weighted by molar-refractivity contribution is 7.70. The first-order valence-electron chi connectivity index (χ1n) is 5.56. The number of hydrogen-bond acceptors (Lipinski definition) is 4. The summed E-state index contributed by atoms with van der Waals surface area (Å²) in [6.45, 7) is 5.97. The van der Waals surface area contributed by atoms with E-state index < -0.39 is 17.1 Å². The first kappa shape index (κ1) is 16.4. The van der Waals surface area contributed by atoms with Crippen molar-refractivity contribution in [2.24, 2.45) is 4.99 Å². The minimum absolute atomic E-state index is 0.399. The Morgan fingerprint density at radius 2 is 2.17 bits per heavy atom. The van der Waals surface area contributed by atoms with E-state index >= 15 is 0 Å².